The molecule has 18 heavy (non-hydrogen) atoms. The minimum Gasteiger partial charge on any atom is -0.350 e. The van der Waals surface area contributed by atoms with E-state index in [1.165, 1.54) is 12.1 Å². The summed E-state index contributed by atoms with van der Waals surface area (Å²) in [6, 6.07) is 6.28. The van der Waals surface area contributed by atoms with Crippen LogP contribution in [0.3, 0.4) is 0 Å². The Balaban J connectivity index is 2.44. The first-order chi connectivity index (χ1) is 8.28. The van der Waals surface area contributed by atoms with E-state index in [0.29, 0.717) is 0 Å². The zero-order valence-electron chi connectivity index (χ0n) is 11.4. The molecule has 0 saturated heterocycles. The number of rotatable bonds is 4. The molecule has 1 rings (SSSR count). The number of carbonyl (C=O) groups excluding carboxylic acids is 1. The molecule has 0 saturated carbocycles. The minimum absolute atomic E-state index is 0.0105. The highest BCUT2D eigenvalue weighted by atomic mass is 19.1. The molecule has 0 aliphatic heterocycles. The van der Waals surface area contributed by atoms with Crippen molar-refractivity contribution in [1.29, 1.82) is 0 Å². The summed E-state index contributed by atoms with van der Waals surface area (Å²) in [5.74, 6) is -0.298. The van der Waals surface area contributed by atoms with Crippen molar-refractivity contribution in [1.82, 2.24) is 10.6 Å². The van der Waals surface area contributed by atoms with Gasteiger partial charge in [0.25, 0.3) is 0 Å². The summed E-state index contributed by atoms with van der Waals surface area (Å²) < 4.78 is 12.8. The molecular weight excluding hydrogens is 231 g/mol. The normalized spacial score (nSPS) is 13.2. The van der Waals surface area contributed by atoms with Crippen molar-refractivity contribution in [3.8, 4) is 0 Å². The van der Waals surface area contributed by atoms with Crippen molar-refractivity contribution in [2.45, 2.75) is 39.3 Å². The van der Waals surface area contributed by atoms with Crippen molar-refractivity contribution in [3.63, 3.8) is 0 Å². The fourth-order valence-corrected chi connectivity index (χ4v) is 1.58. The molecule has 100 valence electrons. The molecule has 1 aromatic rings. The zero-order valence-corrected chi connectivity index (χ0v) is 11.4. The van der Waals surface area contributed by atoms with E-state index in [-0.39, 0.29) is 29.8 Å². The standard InChI is InChI=1S/C14H21FN2O/c1-10(11-5-7-12(15)8-6-11)16-9-13(18)17-14(2,3)4/h5-8,10,16H,9H2,1-4H3,(H,17,18)/t10-/m1/s1. The lowest BCUT2D eigenvalue weighted by Crippen LogP contribution is -2.45. The third-order valence-corrected chi connectivity index (χ3v) is 2.45. The minimum atomic E-state index is -0.253. The molecule has 0 bridgehead atoms. The van der Waals surface area contributed by atoms with Crippen LogP contribution in [-0.2, 0) is 4.79 Å². The predicted octanol–water partition coefficient (Wildman–Crippen LogP) is 2.39. The van der Waals surface area contributed by atoms with Crippen LogP contribution in [-0.4, -0.2) is 18.0 Å². The average Bonchev–Trinajstić information content (AvgIpc) is 2.24. The van der Waals surface area contributed by atoms with Gasteiger partial charge in [-0.05, 0) is 45.4 Å². The Labute approximate surface area is 108 Å². The summed E-state index contributed by atoms with van der Waals surface area (Å²) in [4.78, 5) is 11.6. The molecule has 0 aromatic heterocycles. The predicted molar refractivity (Wildman–Crippen MR) is 70.7 cm³/mol. The second-order valence-corrected chi connectivity index (χ2v) is 5.45. The number of nitrogens with one attached hydrogen (secondary N) is 2. The molecule has 0 aliphatic carbocycles. The van der Waals surface area contributed by atoms with Crippen molar-refractivity contribution in [2.75, 3.05) is 6.54 Å². The van der Waals surface area contributed by atoms with E-state index in [1.807, 2.05) is 27.7 Å². The number of halogens is 1. The zero-order chi connectivity index (χ0) is 13.8. The van der Waals surface area contributed by atoms with E-state index in [9.17, 15) is 9.18 Å². The maximum Gasteiger partial charge on any atom is 0.234 e. The van der Waals surface area contributed by atoms with Gasteiger partial charge < -0.3 is 10.6 Å². The van der Waals surface area contributed by atoms with Crippen LogP contribution in [0.2, 0.25) is 0 Å². The van der Waals surface area contributed by atoms with E-state index >= 15 is 0 Å². The fourth-order valence-electron chi connectivity index (χ4n) is 1.58. The second-order valence-electron chi connectivity index (χ2n) is 5.45. The molecule has 0 unspecified atom stereocenters. The van der Waals surface area contributed by atoms with Gasteiger partial charge in [-0.15, -0.1) is 0 Å². The van der Waals surface area contributed by atoms with Crippen molar-refractivity contribution in [2.24, 2.45) is 0 Å². The molecule has 1 aromatic carbocycles. The number of hydrogen-bond acceptors (Lipinski definition) is 2. The Morgan fingerprint density at radius 1 is 1.28 bits per heavy atom. The SMILES string of the molecule is C[C@@H](NCC(=O)NC(C)(C)C)c1ccc(F)cc1. The number of benzene rings is 1. The molecule has 0 radical (unpaired) electrons. The molecular formula is C14H21FN2O. The molecule has 0 fully saturated rings. The van der Waals surface area contributed by atoms with Crippen LogP contribution in [0.5, 0.6) is 0 Å². The van der Waals surface area contributed by atoms with Crippen LogP contribution in [0.15, 0.2) is 24.3 Å². The fraction of sp³-hybridized carbons (Fsp3) is 0.500. The summed E-state index contributed by atoms with van der Waals surface area (Å²) >= 11 is 0. The summed E-state index contributed by atoms with van der Waals surface area (Å²) in [7, 11) is 0. The third kappa shape index (κ3) is 5.27. The maximum atomic E-state index is 12.8. The van der Waals surface area contributed by atoms with Gasteiger partial charge >= 0.3 is 0 Å². The Hall–Kier alpha value is -1.42. The van der Waals surface area contributed by atoms with Gasteiger partial charge in [0.05, 0.1) is 6.54 Å². The van der Waals surface area contributed by atoms with Crippen molar-refractivity contribution >= 4 is 5.91 Å². The van der Waals surface area contributed by atoms with E-state index in [2.05, 4.69) is 10.6 Å². The monoisotopic (exact) mass is 252 g/mol. The Kier molecular flexibility index (Phi) is 4.84. The molecule has 3 nitrogen and oxygen atoms in total. The van der Waals surface area contributed by atoms with Gasteiger partial charge in [-0.3, -0.25) is 4.79 Å². The number of amides is 1. The molecule has 0 spiro atoms. The Morgan fingerprint density at radius 3 is 2.33 bits per heavy atom. The average molecular weight is 252 g/mol. The summed E-state index contributed by atoms with van der Waals surface area (Å²) in [5, 5.41) is 5.98. The van der Waals surface area contributed by atoms with Crippen LogP contribution in [0, 0.1) is 5.82 Å². The van der Waals surface area contributed by atoms with Gasteiger partial charge in [-0.2, -0.15) is 0 Å². The molecule has 1 amide bonds. The van der Waals surface area contributed by atoms with Gasteiger partial charge in [-0.1, -0.05) is 12.1 Å². The van der Waals surface area contributed by atoms with Crippen LogP contribution in [0.4, 0.5) is 4.39 Å². The first-order valence-corrected chi connectivity index (χ1v) is 6.08. The highest BCUT2D eigenvalue weighted by Crippen LogP contribution is 2.12. The first-order valence-electron chi connectivity index (χ1n) is 6.08. The van der Waals surface area contributed by atoms with E-state index < -0.39 is 0 Å². The van der Waals surface area contributed by atoms with Gasteiger partial charge in [0.2, 0.25) is 5.91 Å². The van der Waals surface area contributed by atoms with Gasteiger partial charge in [-0.25, -0.2) is 4.39 Å². The summed E-state index contributed by atoms with van der Waals surface area (Å²) in [5.41, 5.74) is 0.734. The van der Waals surface area contributed by atoms with Crippen LogP contribution in [0.25, 0.3) is 0 Å². The lowest BCUT2D eigenvalue weighted by atomic mass is 10.1. The highest BCUT2D eigenvalue weighted by Gasteiger charge is 2.14. The molecule has 2 N–H and O–H groups in total. The second kappa shape index (κ2) is 5.96. The third-order valence-electron chi connectivity index (χ3n) is 2.45. The van der Waals surface area contributed by atoms with Gasteiger partial charge in [0.15, 0.2) is 0 Å². The summed E-state index contributed by atoms with van der Waals surface area (Å²) in [6.07, 6.45) is 0. The lowest BCUT2D eigenvalue weighted by Gasteiger charge is -2.21. The van der Waals surface area contributed by atoms with Gasteiger partial charge in [0, 0.05) is 11.6 Å². The van der Waals surface area contributed by atoms with E-state index in [4.69, 9.17) is 0 Å². The molecule has 1 atom stereocenters. The number of carbonyl (C=O) groups is 1. The molecule has 0 aliphatic rings. The van der Waals surface area contributed by atoms with Crippen LogP contribution < -0.4 is 10.6 Å². The molecule has 4 heteroatoms. The molecule has 0 heterocycles. The van der Waals surface area contributed by atoms with E-state index in [0.717, 1.165) is 5.56 Å². The number of hydrogen-bond donors (Lipinski definition) is 2. The lowest BCUT2D eigenvalue weighted by molar-refractivity contribution is -0.121. The topological polar surface area (TPSA) is 41.1 Å². The smallest absolute Gasteiger partial charge is 0.234 e. The quantitative estimate of drug-likeness (QED) is 0.864. The Bertz CT molecular complexity index is 395. The van der Waals surface area contributed by atoms with Crippen molar-refractivity contribution in [3.05, 3.63) is 35.6 Å². The highest BCUT2D eigenvalue weighted by molar-refractivity contribution is 5.78. The maximum absolute atomic E-state index is 12.8. The van der Waals surface area contributed by atoms with Crippen LogP contribution in [0.1, 0.15) is 39.3 Å². The van der Waals surface area contributed by atoms with Crippen LogP contribution >= 0.6 is 0 Å². The Morgan fingerprint density at radius 2 is 1.83 bits per heavy atom. The largest absolute Gasteiger partial charge is 0.350 e. The first kappa shape index (κ1) is 14.6. The van der Waals surface area contributed by atoms with Crippen molar-refractivity contribution < 1.29 is 9.18 Å². The summed E-state index contributed by atoms with van der Waals surface area (Å²) in [6.45, 7) is 8.00. The van der Waals surface area contributed by atoms with Gasteiger partial charge in [0.1, 0.15) is 5.82 Å². The van der Waals surface area contributed by atoms with E-state index in [1.54, 1.807) is 12.1 Å².